The van der Waals surface area contributed by atoms with E-state index >= 15 is 0 Å². The number of allylic oxidation sites excluding steroid dienone is 1. The minimum absolute atomic E-state index is 0.0608. The molecule has 2 atom stereocenters. The van der Waals surface area contributed by atoms with E-state index in [1.165, 1.54) is 11.1 Å². The van der Waals surface area contributed by atoms with E-state index in [0.717, 1.165) is 12.2 Å². The molecule has 0 bridgehead atoms. The number of rotatable bonds is 1. The van der Waals surface area contributed by atoms with Gasteiger partial charge in [0, 0.05) is 11.2 Å². The lowest BCUT2D eigenvalue weighted by Gasteiger charge is -2.16. The number of carbonyl (C=O) groups excluding carboxylic acids is 1. The highest BCUT2D eigenvalue weighted by Gasteiger charge is 2.59. The molecule has 1 fully saturated rings. The fourth-order valence-electron chi connectivity index (χ4n) is 2.52. The number of hydrogen-bond donors (Lipinski definition) is 0. The maximum absolute atomic E-state index is 11.9. The van der Waals surface area contributed by atoms with Crippen molar-refractivity contribution in [3.05, 3.63) is 46.9 Å². The van der Waals surface area contributed by atoms with Gasteiger partial charge < -0.3 is 0 Å². The van der Waals surface area contributed by atoms with Crippen molar-refractivity contribution < 1.29 is 4.79 Å². The lowest BCUT2D eigenvalue weighted by Crippen LogP contribution is -2.20. The molecule has 0 amide bonds. The zero-order chi connectivity index (χ0) is 11.2. The maximum atomic E-state index is 11.9. The molecule has 2 aliphatic rings. The van der Waals surface area contributed by atoms with Crippen LogP contribution in [-0.4, -0.2) is 11.5 Å². The quantitative estimate of drug-likeness (QED) is 0.736. The van der Waals surface area contributed by atoms with E-state index in [2.05, 4.69) is 31.2 Å². The molecule has 1 nitrogen and oxygen atoms in total. The first-order valence-corrected chi connectivity index (χ1v) is 6.66. The van der Waals surface area contributed by atoms with Gasteiger partial charge in [0.05, 0.1) is 0 Å². The molecule has 1 spiro atoms. The van der Waals surface area contributed by atoms with Crippen LogP contribution in [-0.2, 0) is 4.79 Å². The van der Waals surface area contributed by atoms with Gasteiger partial charge in [-0.15, -0.1) is 11.8 Å². The lowest BCUT2D eigenvalue weighted by atomic mass is 9.95. The van der Waals surface area contributed by atoms with Gasteiger partial charge in [0.1, 0.15) is 0 Å². The Hall–Kier alpha value is -1.02. The fraction of sp³-hybridized carbons (Fsp3) is 0.357. The highest BCUT2D eigenvalue weighted by molar-refractivity contribution is 8.02. The highest BCUT2D eigenvalue weighted by atomic mass is 32.2. The second-order valence-corrected chi connectivity index (χ2v) is 5.70. The predicted molar refractivity (Wildman–Crippen MR) is 67.6 cm³/mol. The molecular weight excluding hydrogens is 216 g/mol. The maximum Gasteiger partial charge on any atom is 0.163 e. The van der Waals surface area contributed by atoms with Gasteiger partial charge in [-0.05, 0) is 36.3 Å². The average Bonchev–Trinajstić information content (AvgIpc) is 3.00. The van der Waals surface area contributed by atoms with Crippen LogP contribution in [0.2, 0.25) is 0 Å². The Morgan fingerprint density at radius 3 is 2.75 bits per heavy atom. The third-order valence-electron chi connectivity index (χ3n) is 3.70. The van der Waals surface area contributed by atoms with Crippen LogP contribution < -0.4 is 0 Å². The van der Waals surface area contributed by atoms with Crippen molar-refractivity contribution in [2.45, 2.75) is 19.3 Å². The van der Waals surface area contributed by atoms with Crippen molar-refractivity contribution in [2.75, 3.05) is 5.75 Å². The van der Waals surface area contributed by atoms with Gasteiger partial charge in [0.2, 0.25) is 0 Å². The number of ketones is 1. The summed E-state index contributed by atoms with van der Waals surface area (Å²) in [4.78, 5) is 11.9. The average molecular weight is 230 g/mol. The third kappa shape index (κ3) is 1.44. The summed E-state index contributed by atoms with van der Waals surface area (Å²) in [6.07, 6.45) is 2.79. The number of thioether (sulfide) groups is 1. The Bertz CT molecular complexity index is 460. The van der Waals surface area contributed by atoms with Crippen molar-refractivity contribution in [3.8, 4) is 0 Å². The smallest absolute Gasteiger partial charge is 0.163 e. The molecule has 0 N–H and O–H groups in total. The molecular formula is C14H14OS. The molecule has 1 heterocycles. The largest absolute Gasteiger partial charge is 0.294 e. The fourth-order valence-corrected chi connectivity index (χ4v) is 3.59. The van der Waals surface area contributed by atoms with E-state index in [1.54, 1.807) is 17.8 Å². The van der Waals surface area contributed by atoms with Gasteiger partial charge in [0.25, 0.3) is 0 Å². The summed E-state index contributed by atoms with van der Waals surface area (Å²) in [5, 5.41) is 1.93. The van der Waals surface area contributed by atoms with Crippen LogP contribution >= 0.6 is 11.8 Å². The van der Waals surface area contributed by atoms with Gasteiger partial charge in [-0.2, -0.15) is 0 Å². The van der Waals surface area contributed by atoms with Crippen LogP contribution in [0, 0.1) is 12.3 Å². The first kappa shape index (κ1) is 10.2. The Morgan fingerprint density at radius 1 is 1.31 bits per heavy atom. The normalized spacial score (nSPS) is 32.1. The highest BCUT2D eigenvalue weighted by Crippen LogP contribution is 2.62. The summed E-state index contributed by atoms with van der Waals surface area (Å²) >= 11 is 1.77. The van der Waals surface area contributed by atoms with Crippen molar-refractivity contribution in [1.82, 2.24) is 0 Å². The Morgan fingerprint density at radius 2 is 2.06 bits per heavy atom. The zero-order valence-electron chi connectivity index (χ0n) is 9.27. The number of carbonyl (C=O) groups is 1. The summed E-state index contributed by atoms with van der Waals surface area (Å²) in [5.41, 5.74) is 2.55. The molecule has 0 unspecified atom stereocenters. The SMILES string of the molecule is Cc1ccc([C@@H]2C[C@@]23CSC=CC3=O)cc1. The molecule has 1 aromatic carbocycles. The number of benzene rings is 1. The number of aryl methyl sites for hydroxylation is 1. The van der Waals surface area contributed by atoms with Crippen LogP contribution in [0.3, 0.4) is 0 Å². The van der Waals surface area contributed by atoms with E-state index in [1.807, 2.05) is 5.41 Å². The summed E-state index contributed by atoms with van der Waals surface area (Å²) in [6, 6.07) is 8.62. The molecule has 82 valence electrons. The van der Waals surface area contributed by atoms with Crippen molar-refractivity contribution in [1.29, 1.82) is 0 Å². The van der Waals surface area contributed by atoms with Crippen LogP contribution in [0.5, 0.6) is 0 Å². The van der Waals surface area contributed by atoms with E-state index in [0.29, 0.717) is 11.7 Å². The van der Waals surface area contributed by atoms with Crippen molar-refractivity contribution in [2.24, 2.45) is 5.41 Å². The Balaban J connectivity index is 1.88. The van der Waals surface area contributed by atoms with Gasteiger partial charge in [-0.25, -0.2) is 0 Å². The van der Waals surface area contributed by atoms with Crippen LogP contribution in [0.15, 0.2) is 35.7 Å². The molecule has 3 rings (SSSR count). The van der Waals surface area contributed by atoms with Gasteiger partial charge in [-0.1, -0.05) is 29.8 Å². The molecule has 0 aromatic heterocycles. The van der Waals surface area contributed by atoms with Crippen LogP contribution in [0.25, 0.3) is 0 Å². The monoisotopic (exact) mass is 230 g/mol. The third-order valence-corrected chi connectivity index (χ3v) is 4.71. The van der Waals surface area contributed by atoms with E-state index in [9.17, 15) is 4.79 Å². The molecule has 16 heavy (non-hydrogen) atoms. The van der Waals surface area contributed by atoms with Gasteiger partial charge in [-0.3, -0.25) is 4.79 Å². The zero-order valence-corrected chi connectivity index (χ0v) is 10.1. The predicted octanol–water partition coefficient (Wildman–Crippen LogP) is 3.30. The molecule has 1 aliphatic carbocycles. The molecule has 1 aliphatic heterocycles. The minimum Gasteiger partial charge on any atom is -0.294 e. The Kier molecular flexibility index (Phi) is 2.21. The first-order chi connectivity index (χ1) is 7.72. The summed E-state index contributed by atoms with van der Waals surface area (Å²) in [6.45, 7) is 2.09. The second-order valence-electron chi connectivity index (χ2n) is 4.80. The van der Waals surface area contributed by atoms with Crippen molar-refractivity contribution >= 4 is 17.5 Å². The van der Waals surface area contributed by atoms with Gasteiger partial charge >= 0.3 is 0 Å². The molecule has 0 saturated heterocycles. The van der Waals surface area contributed by atoms with Gasteiger partial charge in [0.15, 0.2) is 5.78 Å². The lowest BCUT2D eigenvalue weighted by molar-refractivity contribution is -0.118. The molecule has 1 aromatic rings. The molecule has 1 saturated carbocycles. The summed E-state index contributed by atoms with van der Waals surface area (Å²) in [7, 11) is 0. The topological polar surface area (TPSA) is 17.1 Å². The molecule has 2 heteroatoms. The standard InChI is InChI=1S/C14H14OS/c1-10-2-4-11(5-3-10)12-8-14(12)9-16-7-6-13(14)15/h2-7,12H,8-9H2,1H3/t12-,14+/m0/s1. The number of hydrogen-bond acceptors (Lipinski definition) is 2. The Labute approximate surface area is 99.9 Å². The van der Waals surface area contributed by atoms with Crippen LogP contribution in [0.4, 0.5) is 0 Å². The second kappa shape index (κ2) is 3.49. The summed E-state index contributed by atoms with van der Waals surface area (Å²) < 4.78 is 0. The minimum atomic E-state index is -0.0608. The van der Waals surface area contributed by atoms with E-state index < -0.39 is 0 Å². The van der Waals surface area contributed by atoms with Crippen LogP contribution in [0.1, 0.15) is 23.5 Å². The van der Waals surface area contributed by atoms with Crippen molar-refractivity contribution in [3.63, 3.8) is 0 Å². The summed E-state index contributed by atoms with van der Waals surface area (Å²) in [5.74, 6) is 1.75. The first-order valence-electron chi connectivity index (χ1n) is 5.61. The molecule has 0 radical (unpaired) electrons. The van der Waals surface area contributed by atoms with E-state index in [-0.39, 0.29) is 5.41 Å². The van der Waals surface area contributed by atoms with E-state index in [4.69, 9.17) is 0 Å².